The minimum atomic E-state index is -1.27. The number of amides is 1. The van der Waals surface area contributed by atoms with Gasteiger partial charge in [0.1, 0.15) is 5.69 Å². The van der Waals surface area contributed by atoms with Gasteiger partial charge in [-0.2, -0.15) is 4.39 Å². The van der Waals surface area contributed by atoms with Crippen molar-refractivity contribution in [2.75, 3.05) is 0 Å². The number of aromatic nitrogens is 2. The summed E-state index contributed by atoms with van der Waals surface area (Å²) in [6.45, 7) is 0. The number of piperidine rings is 1. The molecular formula is C18H18FN3O2. The van der Waals surface area contributed by atoms with Gasteiger partial charge in [-0.05, 0) is 31.0 Å². The van der Waals surface area contributed by atoms with Crippen molar-refractivity contribution in [1.82, 2.24) is 14.9 Å². The second-order valence-corrected chi connectivity index (χ2v) is 6.59. The third-order valence-electron chi connectivity index (χ3n) is 5.15. The first-order chi connectivity index (χ1) is 11.6. The molecule has 0 spiro atoms. The van der Waals surface area contributed by atoms with Crippen molar-refractivity contribution in [3.63, 3.8) is 0 Å². The van der Waals surface area contributed by atoms with Crippen LogP contribution in [0.1, 0.15) is 41.7 Å². The van der Waals surface area contributed by atoms with Crippen LogP contribution in [-0.4, -0.2) is 38.0 Å². The fourth-order valence-corrected chi connectivity index (χ4v) is 4.13. The first-order valence-electron chi connectivity index (χ1n) is 8.15. The van der Waals surface area contributed by atoms with E-state index in [1.165, 1.54) is 6.20 Å². The van der Waals surface area contributed by atoms with Gasteiger partial charge in [0.15, 0.2) is 0 Å². The summed E-state index contributed by atoms with van der Waals surface area (Å²) < 4.78 is 14.1. The van der Waals surface area contributed by atoms with Crippen molar-refractivity contribution in [2.45, 2.75) is 43.4 Å². The third-order valence-corrected chi connectivity index (χ3v) is 5.15. The zero-order chi connectivity index (χ0) is 16.7. The zero-order valence-corrected chi connectivity index (χ0v) is 13.1. The smallest absolute Gasteiger partial charge is 0.272 e. The highest BCUT2D eigenvalue weighted by molar-refractivity contribution is 5.93. The van der Waals surface area contributed by atoms with Gasteiger partial charge >= 0.3 is 0 Å². The normalized spacial score (nSPS) is 28.8. The van der Waals surface area contributed by atoms with Crippen molar-refractivity contribution in [3.05, 3.63) is 59.9 Å². The molecule has 1 amide bonds. The lowest BCUT2D eigenvalue weighted by Crippen LogP contribution is -2.52. The zero-order valence-electron chi connectivity index (χ0n) is 13.1. The monoisotopic (exact) mass is 327 g/mol. The number of nitrogens with zero attached hydrogens (tertiary/aromatic N) is 3. The van der Waals surface area contributed by atoms with Crippen LogP contribution < -0.4 is 0 Å². The van der Waals surface area contributed by atoms with Gasteiger partial charge in [0.05, 0.1) is 5.60 Å². The van der Waals surface area contributed by atoms with Crippen molar-refractivity contribution < 1.29 is 14.3 Å². The molecule has 4 heterocycles. The molecule has 2 aliphatic heterocycles. The van der Waals surface area contributed by atoms with Gasteiger partial charge in [-0.25, -0.2) is 4.98 Å². The quantitative estimate of drug-likeness (QED) is 0.859. The maximum Gasteiger partial charge on any atom is 0.272 e. The molecule has 2 aromatic heterocycles. The molecule has 2 bridgehead atoms. The second kappa shape index (κ2) is 5.63. The molecule has 0 aromatic carbocycles. The molecule has 0 saturated carbocycles. The number of hydrogen-bond donors (Lipinski definition) is 1. The third kappa shape index (κ3) is 2.38. The van der Waals surface area contributed by atoms with Gasteiger partial charge in [0.2, 0.25) is 5.95 Å². The predicted molar refractivity (Wildman–Crippen MR) is 84.5 cm³/mol. The van der Waals surface area contributed by atoms with E-state index >= 15 is 0 Å². The van der Waals surface area contributed by atoms with Gasteiger partial charge < -0.3 is 10.0 Å². The average Bonchev–Trinajstić information content (AvgIpc) is 2.87. The molecule has 0 aliphatic carbocycles. The molecule has 6 heteroatoms. The van der Waals surface area contributed by atoms with Crippen molar-refractivity contribution in [2.24, 2.45) is 0 Å². The molecule has 2 atom stereocenters. The van der Waals surface area contributed by atoms with E-state index in [9.17, 15) is 14.3 Å². The Hall–Kier alpha value is -2.34. The molecule has 2 saturated heterocycles. The highest BCUT2D eigenvalue weighted by atomic mass is 19.1. The first-order valence-corrected chi connectivity index (χ1v) is 8.15. The van der Waals surface area contributed by atoms with E-state index in [1.807, 2.05) is 4.90 Å². The van der Waals surface area contributed by atoms with Crippen LogP contribution in [0.5, 0.6) is 0 Å². The Morgan fingerprint density at radius 2 is 1.83 bits per heavy atom. The minimum Gasteiger partial charge on any atom is -0.385 e. The number of fused-ring (bicyclic) bond motifs is 2. The molecule has 24 heavy (non-hydrogen) atoms. The highest BCUT2D eigenvalue weighted by Gasteiger charge is 2.51. The van der Waals surface area contributed by atoms with Crippen LogP contribution in [0.15, 0.2) is 42.7 Å². The number of hydrogen-bond acceptors (Lipinski definition) is 4. The van der Waals surface area contributed by atoms with Crippen LogP contribution in [-0.2, 0) is 5.60 Å². The number of carbonyl (C=O) groups excluding carboxylic acids is 1. The van der Waals surface area contributed by atoms with E-state index in [2.05, 4.69) is 9.97 Å². The Labute approximate surface area is 139 Å². The van der Waals surface area contributed by atoms with Crippen LogP contribution in [0.25, 0.3) is 0 Å². The Morgan fingerprint density at radius 3 is 2.46 bits per heavy atom. The number of aliphatic hydroxyl groups is 1. The van der Waals surface area contributed by atoms with E-state index in [0.29, 0.717) is 18.5 Å². The van der Waals surface area contributed by atoms with Gasteiger partial charge in [-0.1, -0.05) is 12.1 Å². The molecule has 124 valence electrons. The second-order valence-electron chi connectivity index (χ2n) is 6.59. The van der Waals surface area contributed by atoms with Crippen LogP contribution in [0, 0.1) is 5.95 Å². The number of rotatable bonds is 2. The topological polar surface area (TPSA) is 66.3 Å². The summed E-state index contributed by atoms with van der Waals surface area (Å²) in [5.41, 5.74) is -0.635. The van der Waals surface area contributed by atoms with Crippen LogP contribution in [0.3, 0.4) is 0 Å². The molecule has 4 rings (SSSR count). The fourth-order valence-electron chi connectivity index (χ4n) is 4.13. The maximum atomic E-state index is 14.1. The van der Waals surface area contributed by atoms with Crippen molar-refractivity contribution in [1.29, 1.82) is 0 Å². The van der Waals surface area contributed by atoms with Gasteiger partial charge in [0, 0.05) is 42.9 Å². The molecule has 1 N–H and O–H groups in total. The maximum absolute atomic E-state index is 14.1. The van der Waals surface area contributed by atoms with E-state index in [1.54, 1.807) is 36.5 Å². The summed E-state index contributed by atoms with van der Waals surface area (Å²) in [6.07, 6.45) is 5.24. The molecule has 5 nitrogen and oxygen atoms in total. The Kier molecular flexibility index (Phi) is 3.57. The summed E-state index contributed by atoms with van der Waals surface area (Å²) >= 11 is 0. The summed E-state index contributed by atoms with van der Waals surface area (Å²) in [6, 6.07) is 8.25. The molecule has 2 fully saturated rings. The summed E-state index contributed by atoms with van der Waals surface area (Å²) in [5, 5.41) is 11.0. The van der Waals surface area contributed by atoms with E-state index in [-0.39, 0.29) is 23.6 Å². The number of halogens is 1. The minimum absolute atomic E-state index is 0.108. The summed E-state index contributed by atoms with van der Waals surface area (Å²) in [4.78, 5) is 22.4. The largest absolute Gasteiger partial charge is 0.385 e. The first kappa shape index (κ1) is 15.2. The van der Waals surface area contributed by atoms with Crippen LogP contribution >= 0.6 is 0 Å². The lowest BCUT2D eigenvalue weighted by molar-refractivity contribution is -0.0505. The molecule has 0 unspecified atom stereocenters. The Balaban J connectivity index is 1.62. The van der Waals surface area contributed by atoms with Crippen molar-refractivity contribution in [3.8, 4) is 0 Å². The van der Waals surface area contributed by atoms with Gasteiger partial charge in [-0.15, -0.1) is 0 Å². The average molecular weight is 327 g/mol. The Morgan fingerprint density at radius 1 is 1.12 bits per heavy atom. The molecule has 2 aliphatic rings. The summed E-state index contributed by atoms with van der Waals surface area (Å²) in [7, 11) is 0. The number of carbonyl (C=O) groups is 1. The summed E-state index contributed by atoms with van der Waals surface area (Å²) in [5.74, 6) is -0.749. The van der Waals surface area contributed by atoms with E-state index < -0.39 is 11.5 Å². The van der Waals surface area contributed by atoms with Gasteiger partial charge in [-0.3, -0.25) is 9.78 Å². The highest BCUT2D eigenvalue weighted by Crippen LogP contribution is 2.46. The molecular weight excluding hydrogens is 309 g/mol. The lowest BCUT2D eigenvalue weighted by Gasteiger charge is -2.43. The van der Waals surface area contributed by atoms with E-state index in [0.717, 1.165) is 12.8 Å². The fraction of sp³-hybridized carbons (Fsp3) is 0.389. The predicted octanol–water partition coefficient (Wildman–Crippen LogP) is 2.27. The lowest BCUT2D eigenvalue weighted by atomic mass is 9.81. The molecule has 2 aromatic rings. The van der Waals surface area contributed by atoms with Gasteiger partial charge in [0.25, 0.3) is 5.91 Å². The van der Waals surface area contributed by atoms with E-state index in [4.69, 9.17) is 0 Å². The van der Waals surface area contributed by atoms with Crippen molar-refractivity contribution >= 4 is 5.91 Å². The SMILES string of the molecule is O=C(c1ccccn1)N1[C@@H]2CC[C@@H]1CC(O)(c1cccnc1F)C2. The molecule has 0 radical (unpaired) electrons. The Bertz CT molecular complexity index is 754. The van der Waals surface area contributed by atoms with Crippen LogP contribution in [0.4, 0.5) is 4.39 Å². The standard InChI is InChI=1S/C18H18FN3O2/c19-16-14(4-3-9-21-16)18(24)10-12-6-7-13(11-18)22(12)17(23)15-5-1-2-8-20-15/h1-5,8-9,12-13,24H,6-7,10-11H2/t12-,13-/m1/s1. The number of pyridine rings is 2. The van der Waals surface area contributed by atoms with Crippen LogP contribution in [0.2, 0.25) is 0 Å².